The van der Waals surface area contributed by atoms with Crippen molar-refractivity contribution >= 4 is 0 Å². The number of hydrogen-bond donors (Lipinski definition) is 2. The van der Waals surface area contributed by atoms with Crippen LogP contribution in [0.4, 0.5) is 4.39 Å². The Bertz CT molecular complexity index is 428. The minimum atomic E-state index is -0.992. The fourth-order valence-corrected chi connectivity index (χ4v) is 2.87. The number of rotatable bonds is 3. The topological polar surface area (TPSA) is 46.2 Å². The van der Waals surface area contributed by atoms with E-state index in [0.29, 0.717) is 24.9 Å². The third-order valence-electron chi connectivity index (χ3n) is 4.53. The minimum Gasteiger partial charge on any atom is -0.385 e. The molecule has 0 bridgehead atoms. The minimum absolute atomic E-state index is 0.214. The summed E-state index contributed by atoms with van der Waals surface area (Å²) in [5, 5.41) is 10.9. The van der Waals surface area contributed by atoms with Crippen molar-refractivity contribution < 1.29 is 9.50 Å². The number of nitrogens with two attached hydrogens (primary N) is 1. The van der Waals surface area contributed by atoms with E-state index in [1.807, 2.05) is 19.9 Å². The first-order valence-corrected chi connectivity index (χ1v) is 6.19. The second kappa shape index (κ2) is 4.07. The number of aliphatic hydroxyl groups is 1. The molecule has 2 atom stereocenters. The van der Waals surface area contributed by atoms with Gasteiger partial charge in [0.15, 0.2) is 0 Å². The lowest BCUT2D eigenvalue weighted by molar-refractivity contribution is -0.0790. The smallest absolute Gasteiger partial charge is 0.126 e. The van der Waals surface area contributed by atoms with Crippen molar-refractivity contribution in [2.75, 3.05) is 6.54 Å². The summed E-state index contributed by atoms with van der Waals surface area (Å²) in [5.41, 5.74) is 5.82. The molecule has 0 amide bonds. The summed E-state index contributed by atoms with van der Waals surface area (Å²) in [6.45, 7) is 4.39. The third kappa shape index (κ3) is 1.60. The molecule has 3 N–H and O–H groups in total. The van der Waals surface area contributed by atoms with Crippen LogP contribution in [-0.2, 0) is 12.0 Å². The Balaban J connectivity index is 2.55. The summed E-state index contributed by atoms with van der Waals surface area (Å²) in [5.74, 6) is -0.214. The van der Waals surface area contributed by atoms with Crippen molar-refractivity contribution in [2.45, 2.75) is 38.7 Å². The standard InChI is InChI=1S/C14H20FNO/c1-3-13(2,9-16)14(17)8-7-10-11(14)5-4-6-12(10)15/h4-6,17H,3,7-9,16H2,1-2H3. The zero-order chi connectivity index (χ0) is 12.7. The van der Waals surface area contributed by atoms with E-state index in [1.54, 1.807) is 6.07 Å². The zero-order valence-electron chi connectivity index (χ0n) is 10.5. The molecule has 1 aromatic carbocycles. The van der Waals surface area contributed by atoms with E-state index in [9.17, 15) is 9.50 Å². The Morgan fingerprint density at radius 3 is 2.82 bits per heavy atom. The van der Waals surface area contributed by atoms with E-state index in [4.69, 9.17) is 5.73 Å². The molecule has 2 unspecified atom stereocenters. The summed E-state index contributed by atoms with van der Waals surface area (Å²) < 4.78 is 13.7. The van der Waals surface area contributed by atoms with Crippen molar-refractivity contribution in [3.8, 4) is 0 Å². The lowest BCUT2D eigenvalue weighted by Crippen LogP contribution is -2.46. The summed E-state index contributed by atoms with van der Waals surface area (Å²) >= 11 is 0. The Morgan fingerprint density at radius 1 is 1.53 bits per heavy atom. The first-order valence-electron chi connectivity index (χ1n) is 6.19. The highest BCUT2D eigenvalue weighted by Gasteiger charge is 2.50. The Morgan fingerprint density at radius 2 is 2.24 bits per heavy atom. The SMILES string of the molecule is CCC(C)(CN)C1(O)CCc2c(F)cccc21. The molecule has 2 nitrogen and oxygen atoms in total. The summed E-state index contributed by atoms with van der Waals surface area (Å²) in [7, 11) is 0. The summed E-state index contributed by atoms with van der Waals surface area (Å²) in [4.78, 5) is 0. The number of benzene rings is 1. The van der Waals surface area contributed by atoms with Gasteiger partial charge in [-0.25, -0.2) is 4.39 Å². The van der Waals surface area contributed by atoms with E-state index >= 15 is 0 Å². The monoisotopic (exact) mass is 237 g/mol. The molecule has 0 heterocycles. The lowest BCUT2D eigenvalue weighted by atomic mass is 9.68. The van der Waals surface area contributed by atoms with Gasteiger partial charge in [0.25, 0.3) is 0 Å². The molecule has 94 valence electrons. The van der Waals surface area contributed by atoms with Gasteiger partial charge < -0.3 is 10.8 Å². The zero-order valence-corrected chi connectivity index (χ0v) is 10.5. The van der Waals surface area contributed by atoms with Crippen LogP contribution >= 0.6 is 0 Å². The average molecular weight is 237 g/mol. The maximum Gasteiger partial charge on any atom is 0.126 e. The van der Waals surface area contributed by atoms with Crippen LogP contribution in [0, 0.1) is 11.2 Å². The van der Waals surface area contributed by atoms with Crippen molar-refractivity contribution in [1.29, 1.82) is 0 Å². The predicted octanol–water partition coefficient (Wildman–Crippen LogP) is 2.33. The van der Waals surface area contributed by atoms with Crippen LogP contribution < -0.4 is 5.73 Å². The van der Waals surface area contributed by atoms with Gasteiger partial charge in [0.2, 0.25) is 0 Å². The summed E-state index contributed by atoms with van der Waals surface area (Å²) in [6.07, 6.45) is 1.93. The molecule has 0 spiro atoms. The normalized spacial score (nSPS) is 26.6. The molecule has 0 saturated carbocycles. The quantitative estimate of drug-likeness (QED) is 0.847. The average Bonchev–Trinajstić information content (AvgIpc) is 2.69. The van der Waals surface area contributed by atoms with Crippen molar-refractivity contribution in [2.24, 2.45) is 11.1 Å². The van der Waals surface area contributed by atoms with Crippen LogP contribution in [0.2, 0.25) is 0 Å². The van der Waals surface area contributed by atoms with Gasteiger partial charge in [0.05, 0.1) is 5.60 Å². The molecular weight excluding hydrogens is 217 g/mol. The number of halogens is 1. The fourth-order valence-electron chi connectivity index (χ4n) is 2.87. The Kier molecular flexibility index (Phi) is 3.00. The molecule has 2 rings (SSSR count). The molecular formula is C14H20FNO. The second-order valence-corrected chi connectivity index (χ2v) is 5.24. The highest BCUT2D eigenvalue weighted by atomic mass is 19.1. The summed E-state index contributed by atoms with van der Waals surface area (Å²) in [6, 6.07) is 4.95. The fraction of sp³-hybridized carbons (Fsp3) is 0.571. The first-order chi connectivity index (χ1) is 7.98. The van der Waals surface area contributed by atoms with Crippen LogP contribution in [0.1, 0.15) is 37.8 Å². The van der Waals surface area contributed by atoms with Crippen LogP contribution in [0.25, 0.3) is 0 Å². The van der Waals surface area contributed by atoms with Crippen LogP contribution in [-0.4, -0.2) is 11.7 Å². The largest absolute Gasteiger partial charge is 0.385 e. The molecule has 1 aliphatic rings. The van der Waals surface area contributed by atoms with Gasteiger partial charge in [-0.15, -0.1) is 0 Å². The second-order valence-electron chi connectivity index (χ2n) is 5.24. The van der Waals surface area contributed by atoms with Gasteiger partial charge in [-0.2, -0.15) is 0 Å². The van der Waals surface area contributed by atoms with Gasteiger partial charge in [-0.05, 0) is 36.5 Å². The molecule has 0 radical (unpaired) electrons. The van der Waals surface area contributed by atoms with Gasteiger partial charge >= 0.3 is 0 Å². The molecule has 1 aromatic rings. The lowest BCUT2D eigenvalue weighted by Gasteiger charge is -2.42. The highest BCUT2D eigenvalue weighted by molar-refractivity contribution is 5.40. The van der Waals surface area contributed by atoms with Crippen molar-refractivity contribution in [3.05, 3.63) is 35.1 Å². The van der Waals surface area contributed by atoms with E-state index in [2.05, 4.69) is 0 Å². The first kappa shape index (κ1) is 12.5. The third-order valence-corrected chi connectivity index (χ3v) is 4.53. The molecule has 1 aliphatic carbocycles. The Labute approximate surface area is 102 Å². The van der Waals surface area contributed by atoms with E-state index in [1.165, 1.54) is 6.07 Å². The molecule has 3 heteroatoms. The molecule has 0 aliphatic heterocycles. The van der Waals surface area contributed by atoms with E-state index in [-0.39, 0.29) is 5.82 Å². The van der Waals surface area contributed by atoms with E-state index in [0.717, 1.165) is 12.0 Å². The van der Waals surface area contributed by atoms with Crippen LogP contribution in [0.5, 0.6) is 0 Å². The number of fused-ring (bicyclic) bond motifs is 1. The number of hydrogen-bond acceptors (Lipinski definition) is 2. The van der Waals surface area contributed by atoms with Crippen LogP contribution in [0.15, 0.2) is 18.2 Å². The van der Waals surface area contributed by atoms with Gasteiger partial charge in [-0.3, -0.25) is 0 Å². The maximum absolute atomic E-state index is 13.7. The van der Waals surface area contributed by atoms with Gasteiger partial charge in [0, 0.05) is 12.0 Å². The molecule has 17 heavy (non-hydrogen) atoms. The van der Waals surface area contributed by atoms with E-state index < -0.39 is 11.0 Å². The Hall–Kier alpha value is -0.930. The molecule has 0 aromatic heterocycles. The van der Waals surface area contributed by atoms with Crippen LogP contribution in [0.3, 0.4) is 0 Å². The van der Waals surface area contributed by atoms with Crippen molar-refractivity contribution in [3.63, 3.8) is 0 Å². The highest BCUT2D eigenvalue weighted by Crippen LogP contribution is 2.50. The predicted molar refractivity (Wildman–Crippen MR) is 66.1 cm³/mol. The maximum atomic E-state index is 13.7. The van der Waals surface area contributed by atoms with Gasteiger partial charge in [-0.1, -0.05) is 26.0 Å². The van der Waals surface area contributed by atoms with Crippen molar-refractivity contribution in [1.82, 2.24) is 0 Å². The van der Waals surface area contributed by atoms with Gasteiger partial charge in [0.1, 0.15) is 5.82 Å². The molecule has 0 saturated heterocycles. The molecule has 0 fully saturated rings.